The van der Waals surface area contributed by atoms with Crippen LogP contribution in [0.15, 0.2) is 54.6 Å². The molecule has 178 valence electrons. The smallest absolute Gasteiger partial charge is 0.342 e. The van der Waals surface area contributed by atoms with Crippen LogP contribution in [0.2, 0.25) is 15.1 Å². The van der Waals surface area contributed by atoms with Crippen molar-refractivity contribution in [2.75, 3.05) is 23.9 Å². The molecule has 3 amide bonds. The fourth-order valence-electron chi connectivity index (χ4n) is 3.48. The summed E-state index contributed by atoms with van der Waals surface area (Å²) < 4.78 is 10.3. The third-order valence-electron chi connectivity index (χ3n) is 5.00. The number of carbonyl (C=O) groups excluding carboxylic acids is 4. The second-order valence-corrected chi connectivity index (χ2v) is 8.56. The van der Waals surface area contributed by atoms with Crippen molar-refractivity contribution in [3.63, 3.8) is 0 Å². The van der Waals surface area contributed by atoms with Crippen LogP contribution in [-0.2, 0) is 9.53 Å². The highest BCUT2D eigenvalue weighted by atomic mass is 35.5. The zero-order chi connectivity index (χ0) is 25.3. The largest absolute Gasteiger partial charge is 0.496 e. The van der Waals surface area contributed by atoms with E-state index in [1.54, 1.807) is 12.1 Å². The topological polar surface area (TPSA) is 102 Å². The first-order valence-corrected chi connectivity index (χ1v) is 11.1. The lowest BCUT2D eigenvalue weighted by atomic mass is 10.1. The van der Waals surface area contributed by atoms with E-state index in [9.17, 15) is 19.2 Å². The molecular formula is C24H15Cl3N2O6. The van der Waals surface area contributed by atoms with E-state index >= 15 is 0 Å². The number of esters is 1. The molecule has 0 aliphatic carbocycles. The summed E-state index contributed by atoms with van der Waals surface area (Å²) in [4.78, 5) is 51.4. The molecule has 0 saturated heterocycles. The van der Waals surface area contributed by atoms with E-state index in [0.717, 1.165) is 4.90 Å². The molecule has 3 aromatic rings. The van der Waals surface area contributed by atoms with Crippen LogP contribution in [0.25, 0.3) is 0 Å². The predicted octanol–water partition coefficient (Wildman–Crippen LogP) is 5.25. The number of nitrogens with one attached hydrogen (secondary N) is 1. The molecule has 0 bridgehead atoms. The highest BCUT2D eigenvalue weighted by Gasteiger charge is 2.38. The summed E-state index contributed by atoms with van der Waals surface area (Å²) in [5.41, 5.74) is 0.749. The van der Waals surface area contributed by atoms with Gasteiger partial charge in [-0.2, -0.15) is 0 Å². The van der Waals surface area contributed by atoms with Crippen LogP contribution in [-0.4, -0.2) is 37.4 Å². The van der Waals surface area contributed by atoms with E-state index in [2.05, 4.69) is 5.32 Å². The summed E-state index contributed by atoms with van der Waals surface area (Å²) in [5.74, 6) is -2.65. The molecule has 11 heteroatoms. The second-order valence-electron chi connectivity index (χ2n) is 7.28. The Morgan fingerprint density at radius 2 is 1.51 bits per heavy atom. The molecule has 0 unspecified atom stereocenters. The maximum absolute atomic E-state index is 12.8. The molecule has 0 fully saturated rings. The summed E-state index contributed by atoms with van der Waals surface area (Å²) in [7, 11) is 1.29. The van der Waals surface area contributed by atoms with Crippen molar-refractivity contribution in [3.8, 4) is 5.75 Å². The van der Waals surface area contributed by atoms with Gasteiger partial charge < -0.3 is 14.8 Å². The first-order valence-electron chi connectivity index (χ1n) is 9.98. The number of imide groups is 1. The Bertz CT molecular complexity index is 1340. The van der Waals surface area contributed by atoms with E-state index in [1.807, 2.05) is 0 Å². The summed E-state index contributed by atoms with van der Waals surface area (Å²) in [6.07, 6.45) is 0. The summed E-state index contributed by atoms with van der Waals surface area (Å²) in [5, 5.41) is 3.09. The number of benzene rings is 3. The van der Waals surface area contributed by atoms with Crippen molar-refractivity contribution < 1.29 is 28.7 Å². The van der Waals surface area contributed by atoms with Crippen LogP contribution in [0.4, 0.5) is 11.4 Å². The van der Waals surface area contributed by atoms with E-state index in [-0.39, 0.29) is 33.1 Å². The molecule has 0 saturated carbocycles. The minimum atomic E-state index is -0.906. The first-order chi connectivity index (χ1) is 16.7. The molecule has 0 spiro atoms. The van der Waals surface area contributed by atoms with Crippen molar-refractivity contribution >= 4 is 69.9 Å². The molecule has 1 aliphatic heterocycles. The Hall–Kier alpha value is -3.59. The highest BCUT2D eigenvalue weighted by Crippen LogP contribution is 2.38. The van der Waals surface area contributed by atoms with E-state index in [1.165, 1.54) is 49.6 Å². The lowest BCUT2D eigenvalue weighted by Crippen LogP contribution is -2.30. The lowest BCUT2D eigenvalue weighted by Gasteiger charge is -2.18. The Balaban J connectivity index is 1.51. The van der Waals surface area contributed by atoms with Gasteiger partial charge in [-0.1, -0.05) is 46.9 Å². The molecule has 35 heavy (non-hydrogen) atoms. The minimum Gasteiger partial charge on any atom is -0.496 e. The van der Waals surface area contributed by atoms with Crippen LogP contribution in [0.5, 0.6) is 5.75 Å². The van der Waals surface area contributed by atoms with Crippen molar-refractivity contribution in [3.05, 3.63) is 86.4 Å². The third-order valence-corrected chi connectivity index (χ3v) is 5.74. The van der Waals surface area contributed by atoms with Crippen LogP contribution in [0.3, 0.4) is 0 Å². The molecule has 3 aromatic carbocycles. The van der Waals surface area contributed by atoms with E-state index < -0.39 is 30.3 Å². The van der Waals surface area contributed by atoms with Gasteiger partial charge in [0.05, 0.1) is 28.9 Å². The lowest BCUT2D eigenvalue weighted by molar-refractivity contribution is -0.119. The minimum absolute atomic E-state index is 0.00649. The molecule has 0 aromatic heterocycles. The number of fused-ring (bicyclic) bond motifs is 1. The van der Waals surface area contributed by atoms with Crippen LogP contribution >= 0.6 is 34.8 Å². The zero-order valence-electron chi connectivity index (χ0n) is 17.9. The quantitative estimate of drug-likeness (QED) is 0.343. The van der Waals surface area contributed by atoms with Gasteiger partial charge in [0.15, 0.2) is 6.61 Å². The van der Waals surface area contributed by atoms with Gasteiger partial charge in [-0.15, -0.1) is 0 Å². The van der Waals surface area contributed by atoms with Crippen molar-refractivity contribution in [2.24, 2.45) is 0 Å². The number of halogens is 3. The molecular weight excluding hydrogens is 519 g/mol. The second kappa shape index (κ2) is 9.95. The zero-order valence-corrected chi connectivity index (χ0v) is 20.2. The number of anilines is 2. The van der Waals surface area contributed by atoms with Gasteiger partial charge in [0.1, 0.15) is 11.3 Å². The number of amides is 3. The number of hydrogen-bond donors (Lipinski definition) is 1. The molecule has 8 nitrogen and oxygen atoms in total. The summed E-state index contributed by atoms with van der Waals surface area (Å²) >= 11 is 18.1. The standard InChI is InChI=1S/C24H15Cl3N2O6/c1-34-20-10-19(29-22(31)15-4-2-3-5-16(15)23(29)32)18(27)9-17(20)24(33)35-11-21(30)28-14-7-12(25)6-13(26)8-14/h2-10H,11H2,1H3,(H,28,30). The molecule has 1 N–H and O–H groups in total. The molecule has 1 heterocycles. The predicted molar refractivity (Wildman–Crippen MR) is 131 cm³/mol. The van der Waals surface area contributed by atoms with Gasteiger partial charge in [-0.05, 0) is 36.4 Å². The SMILES string of the molecule is COc1cc(N2C(=O)c3ccccc3C2=O)c(Cl)cc1C(=O)OCC(=O)Nc1cc(Cl)cc(Cl)c1. The fourth-order valence-corrected chi connectivity index (χ4v) is 4.26. The van der Waals surface area contributed by atoms with Crippen molar-refractivity contribution in [2.45, 2.75) is 0 Å². The molecule has 4 rings (SSSR count). The molecule has 0 atom stereocenters. The number of ether oxygens (including phenoxy) is 2. The Labute approximate surface area is 214 Å². The number of methoxy groups -OCH3 is 1. The van der Waals surface area contributed by atoms with Crippen molar-refractivity contribution in [1.29, 1.82) is 0 Å². The van der Waals surface area contributed by atoms with Crippen LogP contribution < -0.4 is 15.0 Å². The maximum Gasteiger partial charge on any atom is 0.342 e. The van der Waals surface area contributed by atoms with Gasteiger partial charge in [0.25, 0.3) is 17.7 Å². The highest BCUT2D eigenvalue weighted by molar-refractivity contribution is 6.40. The summed E-state index contributed by atoms with van der Waals surface area (Å²) in [6, 6.07) is 13.3. The van der Waals surface area contributed by atoms with Gasteiger partial charge in [-0.25, -0.2) is 9.69 Å². The average Bonchev–Trinajstić information content (AvgIpc) is 3.07. The average molecular weight is 534 g/mol. The van der Waals surface area contributed by atoms with Crippen LogP contribution in [0.1, 0.15) is 31.1 Å². The van der Waals surface area contributed by atoms with Crippen LogP contribution in [0, 0.1) is 0 Å². The number of hydrogen-bond acceptors (Lipinski definition) is 6. The first kappa shape index (κ1) is 24.5. The van der Waals surface area contributed by atoms with Gasteiger partial charge >= 0.3 is 5.97 Å². The third kappa shape index (κ3) is 4.95. The monoisotopic (exact) mass is 532 g/mol. The fraction of sp³-hybridized carbons (Fsp3) is 0.0833. The Morgan fingerprint density at radius 3 is 2.09 bits per heavy atom. The van der Waals surface area contributed by atoms with E-state index in [4.69, 9.17) is 44.3 Å². The number of rotatable bonds is 6. The number of carbonyl (C=O) groups is 4. The van der Waals surface area contributed by atoms with Gasteiger partial charge in [0, 0.05) is 21.8 Å². The summed E-state index contributed by atoms with van der Waals surface area (Å²) in [6.45, 7) is -0.621. The van der Waals surface area contributed by atoms with Gasteiger partial charge in [-0.3, -0.25) is 14.4 Å². The Morgan fingerprint density at radius 1 is 0.914 bits per heavy atom. The molecule has 0 radical (unpaired) electrons. The normalized spacial score (nSPS) is 12.4. The number of nitrogens with zero attached hydrogens (tertiary/aromatic N) is 1. The Kier molecular flexibility index (Phi) is 6.98. The van der Waals surface area contributed by atoms with E-state index in [0.29, 0.717) is 15.7 Å². The van der Waals surface area contributed by atoms with Gasteiger partial charge in [0.2, 0.25) is 0 Å². The van der Waals surface area contributed by atoms with Crippen molar-refractivity contribution in [1.82, 2.24) is 0 Å². The maximum atomic E-state index is 12.8. The molecule has 1 aliphatic rings.